The zero-order valence-corrected chi connectivity index (χ0v) is 12.8. The second-order valence-electron chi connectivity index (χ2n) is 7.33. The Morgan fingerprint density at radius 2 is 1.83 bits per heavy atom. The Hall–Kier alpha value is -0.0800. The second-order valence-corrected chi connectivity index (χ2v) is 7.33. The van der Waals surface area contributed by atoms with Crippen LogP contribution in [0.15, 0.2) is 0 Å². The summed E-state index contributed by atoms with van der Waals surface area (Å²) in [4.78, 5) is 2.74. The fraction of sp³-hybridized carbons (Fsp3) is 1.00. The third-order valence-electron chi connectivity index (χ3n) is 5.61. The molecule has 0 amide bonds. The van der Waals surface area contributed by atoms with Gasteiger partial charge in [-0.3, -0.25) is 0 Å². The zero-order valence-electron chi connectivity index (χ0n) is 12.8. The van der Waals surface area contributed by atoms with E-state index < -0.39 is 0 Å². The monoisotopic (exact) mass is 252 g/mol. The summed E-state index contributed by atoms with van der Waals surface area (Å²) in [6.45, 7) is 11.1. The minimum absolute atomic E-state index is 0.371. The van der Waals surface area contributed by atoms with Gasteiger partial charge in [-0.25, -0.2) is 0 Å². The van der Waals surface area contributed by atoms with E-state index in [0.717, 1.165) is 11.8 Å². The van der Waals surface area contributed by atoms with Crippen LogP contribution >= 0.6 is 0 Å². The van der Waals surface area contributed by atoms with Crippen LogP contribution < -0.4 is 5.32 Å². The molecule has 0 spiro atoms. The van der Waals surface area contributed by atoms with Gasteiger partial charge in [0, 0.05) is 19.1 Å². The molecule has 0 aromatic carbocycles. The van der Waals surface area contributed by atoms with Gasteiger partial charge < -0.3 is 10.2 Å². The van der Waals surface area contributed by atoms with Gasteiger partial charge >= 0.3 is 0 Å². The Kier molecular flexibility index (Phi) is 4.71. The van der Waals surface area contributed by atoms with Crippen LogP contribution in [0.3, 0.4) is 0 Å². The average Bonchev–Trinajstić information content (AvgIpc) is 2.37. The van der Waals surface area contributed by atoms with Crippen molar-refractivity contribution in [1.29, 1.82) is 0 Å². The van der Waals surface area contributed by atoms with Crippen LogP contribution in [0.1, 0.15) is 52.9 Å². The first kappa shape index (κ1) is 14.3. The van der Waals surface area contributed by atoms with Gasteiger partial charge in [-0.15, -0.1) is 0 Å². The number of fused-ring (bicyclic) bond motifs is 1. The quantitative estimate of drug-likeness (QED) is 0.827. The van der Waals surface area contributed by atoms with Gasteiger partial charge in [0.05, 0.1) is 0 Å². The predicted molar refractivity (Wildman–Crippen MR) is 78.8 cm³/mol. The Labute approximate surface area is 114 Å². The van der Waals surface area contributed by atoms with Crippen molar-refractivity contribution in [2.75, 3.05) is 26.7 Å². The number of rotatable bonds is 4. The van der Waals surface area contributed by atoms with E-state index in [2.05, 4.69) is 38.0 Å². The number of likely N-dealkylation sites (tertiary alicyclic amines) is 1. The number of hydrogen-bond acceptors (Lipinski definition) is 2. The summed E-state index contributed by atoms with van der Waals surface area (Å²) in [5, 5.41) is 3.42. The third-order valence-corrected chi connectivity index (χ3v) is 5.61. The molecule has 3 atom stereocenters. The molecule has 1 saturated carbocycles. The fourth-order valence-electron chi connectivity index (χ4n) is 3.92. The highest BCUT2D eigenvalue weighted by Crippen LogP contribution is 2.37. The summed E-state index contributed by atoms with van der Waals surface area (Å²) in [5.74, 6) is 2.06. The fourth-order valence-corrected chi connectivity index (χ4v) is 3.92. The maximum Gasteiger partial charge on any atom is 0.00991 e. The lowest BCUT2D eigenvalue weighted by molar-refractivity contribution is 0.0521. The molecule has 0 aromatic rings. The first-order valence-electron chi connectivity index (χ1n) is 7.92. The summed E-state index contributed by atoms with van der Waals surface area (Å²) in [6, 6.07) is 0.585. The summed E-state index contributed by atoms with van der Waals surface area (Å²) < 4.78 is 0. The Morgan fingerprint density at radius 1 is 1.17 bits per heavy atom. The van der Waals surface area contributed by atoms with Gasteiger partial charge in [0.1, 0.15) is 0 Å². The van der Waals surface area contributed by atoms with Crippen molar-refractivity contribution >= 4 is 0 Å². The third kappa shape index (κ3) is 3.27. The molecular weight excluding hydrogens is 220 g/mol. The Balaban J connectivity index is 1.87. The van der Waals surface area contributed by atoms with Crippen LogP contribution in [0.2, 0.25) is 0 Å². The van der Waals surface area contributed by atoms with Crippen molar-refractivity contribution in [1.82, 2.24) is 10.2 Å². The van der Waals surface area contributed by atoms with E-state index in [-0.39, 0.29) is 0 Å². The van der Waals surface area contributed by atoms with Gasteiger partial charge in [-0.1, -0.05) is 33.1 Å². The van der Waals surface area contributed by atoms with E-state index in [4.69, 9.17) is 0 Å². The first-order chi connectivity index (χ1) is 8.53. The lowest BCUT2D eigenvalue weighted by Crippen LogP contribution is -2.50. The van der Waals surface area contributed by atoms with Crippen molar-refractivity contribution in [2.45, 2.75) is 58.9 Å². The van der Waals surface area contributed by atoms with Gasteiger partial charge in [0.15, 0.2) is 0 Å². The highest BCUT2D eigenvalue weighted by atomic mass is 15.1. The Morgan fingerprint density at radius 3 is 2.50 bits per heavy atom. The molecule has 1 aliphatic heterocycles. The second kappa shape index (κ2) is 5.92. The van der Waals surface area contributed by atoms with Crippen LogP contribution in [-0.2, 0) is 0 Å². The van der Waals surface area contributed by atoms with Crippen molar-refractivity contribution in [2.24, 2.45) is 17.3 Å². The van der Waals surface area contributed by atoms with E-state index in [0.29, 0.717) is 11.5 Å². The van der Waals surface area contributed by atoms with Crippen molar-refractivity contribution < 1.29 is 0 Å². The molecule has 2 fully saturated rings. The number of nitrogens with one attached hydrogen (secondary N) is 1. The SMILES string of the molecule is CNC(C)C(C)(C)CN1CCC2CCCCC2C1. The van der Waals surface area contributed by atoms with Gasteiger partial charge in [0.2, 0.25) is 0 Å². The first-order valence-corrected chi connectivity index (χ1v) is 7.92. The minimum atomic E-state index is 0.371. The average molecular weight is 252 g/mol. The normalized spacial score (nSPS) is 32.0. The van der Waals surface area contributed by atoms with E-state index in [1.807, 2.05) is 0 Å². The van der Waals surface area contributed by atoms with Crippen molar-refractivity contribution in [3.8, 4) is 0 Å². The van der Waals surface area contributed by atoms with E-state index in [1.54, 1.807) is 0 Å². The molecule has 1 N–H and O–H groups in total. The summed E-state index contributed by atoms with van der Waals surface area (Å²) >= 11 is 0. The molecule has 2 nitrogen and oxygen atoms in total. The van der Waals surface area contributed by atoms with Crippen LogP contribution in [0.25, 0.3) is 0 Å². The highest BCUT2D eigenvalue weighted by molar-refractivity contribution is 4.88. The molecule has 3 unspecified atom stereocenters. The molecule has 1 aliphatic carbocycles. The van der Waals surface area contributed by atoms with Crippen molar-refractivity contribution in [3.63, 3.8) is 0 Å². The number of nitrogens with zero attached hydrogens (tertiary/aromatic N) is 1. The molecule has 18 heavy (non-hydrogen) atoms. The van der Waals surface area contributed by atoms with Crippen LogP contribution in [0, 0.1) is 17.3 Å². The molecule has 2 heteroatoms. The van der Waals surface area contributed by atoms with E-state index >= 15 is 0 Å². The lowest BCUT2D eigenvalue weighted by Gasteiger charge is -2.45. The molecule has 0 aromatic heterocycles. The highest BCUT2D eigenvalue weighted by Gasteiger charge is 2.34. The summed E-state index contributed by atoms with van der Waals surface area (Å²) in [7, 11) is 2.08. The summed E-state index contributed by atoms with van der Waals surface area (Å²) in [6.07, 6.45) is 7.42. The Bertz CT molecular complexity index is 262. The summed E-state index contributed by atoms with van der Waals surface area (Å²) in [5.41, 5.74) is 0.371. The van der Waals surface area contributed by atoms with E-state index in [1.165, 1.54) is 51.7 Å². The molecule has 2 aliphatic rings. The number of hydrogen-bond donors (Lipinski definition) is 1. The molecule has 1 saturated heterocycles. The minimum Gasteiger partial charge on any atom is -0.317 e. The van der Waals surface area contributed by atoms with Crippen LogP contribution in [0.5, 0.6) is 0 Å². The van der Waals surface area contributed by atoms with Crippen LogP contribution in [-0.4, -0.2) is 37.6 Å². The number of piperidine rings is 1. The topological polar surface area (TPSA) is 15.3 Å². The largest absolute Gasteiger partial charge is 0.317 e. The maximum atomic E-state index is 3.42. The molecule has 1 heterocycles. The van der Waals surface area contributed by atoms with Crippen molar-refractivity contribution in [3.05, 3.63) is 0 Å². The van der Waals surface area contributed by atoms with Crippen LogP contribution in [0.4, 0.5) is 0 Å². The standard InChI is InChI=1S/C16H32N2/c1-13(17-4)16(2,3)12-18-10-9-14-7-5-6-8-15(14)11-18/h13-15,17H,5-12H2,1-4H3. The molecular formula is C16H32N2. The molecule has 0 radical (unpaired) electrons. The van der Waals surface area contributed by atoms with E-state index in [9.17, 15) is 0 Å². The molecule has 2 rings (SSSR count). The maximum absolute atomic E-state index is 3.42. The lowest BCUT2D eigenvalue weighted by atomic mass is 9.74. The predicted octanol–water partition coefficient (Wildman–Crippen LogP) is 3.13. The van der Waals surface area contributed by atoms with Gasteiger partial charge in [-0.05, 0) is 50.6 Å². The molecule has 0 bridgehead atoms. The van der Waals surface area contributed by atoms with Gasteiger partial charge in [-0.2, -0.15) is 0 Å². The zero-order chi connectivity index (χ0) is 13.2. The van der Waals surface area contributed by atoms with Gasteiger partial charge in [0.25, 0.3) is 0 Å². The molecule has 106 valence electrons. The smallest absolute Gasteiger partial charge is 0.00991 e.